The van der Waals surface area contributed by atoms with E-state index >= 15 is 0 Å². The van der Waals surface area contributed by atoms with Gasteiger partial charge in [0.05, 0.1) is 7.11 Å². The first-order chi connectivity index (χ1) is 8.54. The second kappa shape index (κ2) is 6.76. The Balaban J connectivity index is 2.48. The maximum atomic E-state index is 11.7. The lowest BCUT2D eigenvalue weighted by molar-refractivity contribution is -0.144. The molecule has 0 bridgehead atoms. The quantitative estimate of drug-likeness (QED) is 0.756. The van der Waals surface area contributed by atoms with Crippen molar-refractivity contribution in [2.75, 3.05) is 7.11 Å². The lowest BCUT2D eigenvalue weighted by Crippen LogP contribution is -2.40. The van der Waals surface area contributed by atoms with Crippen molar-refractivity contribution >= 4 is 11.9 Å². The number of nitrogens with one attached hydrogen (secondary N) is 1. The van der Waals surface area contributed by atoms with E-state index in [1.54, 1.807) is 6.92 Å². The van der Waals surface area contributed by atoms with Crippen molar-refractivity contribution in [3.63, 3.8) is 0 Å². The normalized spacial score (nSPS) is 13.5. The fourth-order valence-electron chi connectivity index (χ4n) is 1.55. The Hall–Kier alpha value is -1.88. The average molecular weight is 250 g/mol. The van der Waals surface area contributed by atoms with Crippen LogP contribution in [-0.4, -0.2) is 25.0 Å². The minimum absolute atomic E-state index is 0.130. The van der Waals surface area contributed by atoms with Gasteiger partial charge in [0, 0.05) is 12.5 Å². The van der Waals surface area contributed by atoms with Crippen molar-refractivity contribution in [2.24, 2.45) is 5.73 Å². The topological polar surface area (TPSA) is 81.4 Å². The van der Waals surface area contributed by atoms with Crippen molar-refractivity contribution in [2.45, 2.75) is 25.4 Å². The molecule has 0 spiro atoms. The summed E-state index contributed by atoms with van der Waals surface area (Å²) in [6.45, 7) is 1.57. The molecule has 18 heavy (non-hydrogen) atoms. The summed E-state index contributed by atoms with van der Waals surface area (Å²) in [5.41, 5.74) is 6.79. The number of carbonyl (C=O) groups is 2. The van der Waals surface area contributed by atoms with E-state index in [9.17, 15) is 9.59 Å². The Labute approximate surface area is 106 Å². The van der Waals surface area contributed by atoms with E-state index < -0.39 is 12.0 Å². The number of nitrogens with two attached hydrogens (primary N) is 1. The van der Waals surface area contributed by atoms with E-state index in [0.717, 1.165) is 5.56 Å². The van der Waals surface area contributed by atoms with Gasteiger partial charge in [0.1, 0.15) is 6.04 Å². The van der Waals surface area contributed by atoms with Crippen LogP contribution in [0, 0.1) is 0 Å². The van der Waals surface area contributed by atoms with Gasteiger partial charge in [-0.3, -0.25) is 4.79 Å². The van der Waals surface area contributed by atoms with E-state index in [1.807, 2.05) is 30.3 Å². The van der Waals surface area contributed by atoms with Crippen molar-refractivity contribution < 1.29 is 14.3 Å². The van der Waals surface area contributed by atoms with Crippen LogP contribution in [0.3, 0.4) is 0 Å². The van der Waals surface area contributed by atoms with Crippen molar-refractivity contribution in [1.29, 1.82) is 0 Å². The Bertz CT molecular complexity index is 406. The van der Waals surface area contributed by atoms with Crippen molar-refractivity contribution in [3.05, 3.63) is 35.9 Å². The number of rotatable bonds is 5. The van der Waals surface area contributed by atoms with Gasteiger partial charge in [0.25, 0.3) is 0 Å². The molecule has 0 heterocycles. The maximum absolute atomic E-state index is 11.7. The predicted octanol–water partition coefficient (Wildman–Crippen LogP) is 0.754. The predicted molar refractivity (Wildman–Crippen MR) is 67.6 cm³/mol. The van der Waals surface area contributed by atoms with Gasteiger partial charge in [0.15, 0.2) is 0 Å². The highest BCUT2D eigenvalue weighted by Gasteiger charge is 2.18. The SMILES string of the molecule is COC(=O)[C@H](C)NC(=O)CC(N)c1ccccc1. The minimum Gasteiger partial charge on any atom is -0.467 e. The first-order valence-electron chi connectivity index (χ1n) is 5.72. The maximum Gasteiger partial charge on any atom is 0.328 e. The van der Waals surface area contributed by atoms with E-state index in [0.29, 0.717) is 0 Å². The molecule has 0 aliphatic heterocycles. The van der Waals surface area contributed by atoms with Crippen LogP contribution in [0.4, 0.5) is 0 Å². The van der Waals surface area contributed by atoms with E-state index in [1.165, 1.54) is 7.11 Å². The Morgan fingerprint density at radius 1 is 1.33 bits per heavy atom. The average Bonchev–Trinajstić information content (AvgIpc) is 2.38. The highest BCUT2D eigenvalue weighted by molar-refractivity contribution is 5.84. The molecule has 3 N–H and O–H groups in total. The fraction of sp³-hybridized carbons (Fsp3) is 0.385. The van der Waals surface area contributed by atoms with E-state index in [2.05, 4.69) is 10.1 Å². The van der Waals surface area contributed by atoms with Crippen molar-refractivity contribution in [3.8, 4) is 0 Å². The molecule has 0 aromatic heterocycles. The monoisotopic (exact) mass is 250 g/mol. The summed E-state index contributed by atoms with van der Waals surface area (Å²) < 4.78 is 4.52. The van der Waals surface area contributed by atoms with Crippen LogP contribution < -0.4 is 11.1 Å². The molecule has 98 valence electrons. The summed E-state index contributed by atoms with van der Waals surface area (Å²) in [5, 5.41) is 2.54. The summed E-state index contributed by atoms with van der Waals surface area (Å²) >= 11 is 0. The zero-order chi connectivity index (χ0) is 13.5. The highest BCUT2D eigenvalue weighted by atomic mass is 16.5. The number of hydrogen-bond donors (Lipinski definition) is 2. The van der Waals surface area contributed by atoms with Crippen LogP contribution in [-0.2, 0) is 14.3 Å². The molecule has 2 atom stereocenters. The number of benzene rings is 1. The van der Waals surface area contributed by atoms with Gasteiger partial charge in [-0.15, -0.1) is 0 Å². The summed E-state index contributed by atoms with van der Waals surface area (Å²) in [6.07, 6.45) is 0.130. The first kappa shape index (κ1) is 14.2. The van der Waals surface area contributed by atoms with Gasteiger partial charge in [-0.05, 0) is 12.5 Å². The van der Waals surface area contributed by atoms with Gasteiger partial charge in [0.2, 0.25) is 5.91 Å². The highest BCUT2D eigenvalue weighted by Crippen LogP contribution is 2.12. The molecule has 0 aliphatic rings. The summed E-state index contributed by atoms with van der Waals surface area (Å²) in [5.74, 6) is -0.749. The van der Waals surface area contributed by atoms with E-state index in [-0.39, 0.29) is 18.4 Å². The molecule has 0 radical (unpaired) electrons. The van der Waals surface area contributed by atoms with Crippen LogP contribution in [0.25, 0.3) is 0 Å². The summed E-state index contributed by atoms with van der Waals surface area (Å²) in [6, 6.07) is 8.30. The number of methoxy groups -OCH3 is 1. The minimum atomic E-state index is -0.662. The molecule has 0 aliphatic carbocycles. The number of esters is 1. The molecule has 5 heteroatoms. The molecular formula is C13H18N2O3. The largest absolute Gasteiger partial charge is 0.467 e. The van der Waals surface area contributed by atoms with Crippen LogP contribution in [0.1, 0.15) is 24.9 Å². The molecule has 1 rings (SSSR count). The lowest BCUT2D eigenvalue weighted by atomic mass is 10.0. The van der Waals surface area contributed by atoms with Crippen LogP contribution in [0.5, 0.6) is 0 Å². The molecule has 0 saturated carbocycles. The Kier molecular flexibility index (Phi) is 5.32. The third-order valence-electron chi connectivity index (χ3n) is 2.57. The van der Waals surface area contributed by atoms with Gasteiger partial charge < -0.3 is 15.8 Å². The first-order valence-corrected chi connectivity index (χ1v) is 5.72. The zero-order valence-corrected chi connectivity index (χ0v) is 10.6. The Morgan fingerprint density at radius 2 is 1.94 bits per heavy atom. The zero-order valence-electron chi connectivity index (χ0n) is 10.6. The molecule has 0 saturated heterocycles. The molecule has 1 unspecified atom stereocenters. The summed E-state index contributed by atoms with van der Waals surface area (Å²) in [7, 11) is 1.28. The van der Waals surface area contributed by atoms with E-state index in [4.69, 9.17) is 5.73 Å². The third-order valence-corrected chi connectivity index (χ3v) is 2.57. The van der Waals surface area contributed by atoms with Gasteiger partial charge in [-0.1, -0.05) is 30.3 Å². The van der Waals surface area contributed by atoms with Crippen molar-refractivity contribution in [1.82, 2.24) is 5.32 Å². The fourth-order valence-corrected chi connectivity index (χ4v) is 1.55. The number of hydrogen-bond acceptors (Lipinski definition) is 4. The third kappa shape index (κ3) is 4.18. The molecule has 5 nitrogen and oxygen atoms in total. The van der Waals surface area contributed by atoms with Gasteiger partial charge in [-0.2, -0.15) is 0 Å². The smallest absolute Gasteiger partial charge is 0.328 e. The van der Waals surface area contributed by atoms with Crippen LogP contribution in [0.2, 0.25) is 0 Å². The molecule has 0 fully saturated rings. The molecule has 1 aromatic carbocycles. The van der Waals surface area contributed by atoms with Gasteiger partial charge in [-0.25, -0.2) is 4.79 Å². The second-order valence-corrected chi connectivity index (χ2v) is 4.03. The molecule has 1 aromatic rings. The summed E-state index contributed by atoms with van der Waals surface area (Å²) in [4.78, 5) is 22.8. The molecular weight excluding hydrogens is 232 g/mol. The standard InChI is InChI=1S/C13H18N2O3/c1-9(13(17)18-2)15-12(16)8-11(14)10-6-4-3-5-7-10/h3-7,9,11H,8,14H2,1-2H3,(H,15,16)/t9-,11?/m0/s1. The number of carbonyl (C=O) groups excluding carboxylic acids is 2. The van der Waals surface area contributed by atoms with Crippen LogP contribution >= 0.6 is 0 Å². The molecule has 1 amide bonds. The van der Waals surface area contributed by atoms with Crippen LogP contribution in [0.15, 0.2) is 30.3 Å². The lowest BCUT2D eigenvalue weighted by Gasteiger charge is -2.15. The second-order valence-electron chi connectivity index (χ2n) is 4.03. The number of ether oxygens (including phenoxy) is 1. The number of amides is 1. The Morgan fingerprint density at radius 3 is 2.50 bits per heavy atom. The van der Waals surface area contributed by atoms with Gasteiger partial charge >= 0.3 is 5.97 Å².